The van der Waals surface area contributed by atoms with Crippen molar-refractivity contribution >= 4 is 17.1 Å². The third-order valence-corrected chi connectivity index (χ3v) is 4.17. The summed E-state index contributed by atoms with van der Waals surface area (Å²) < 4.78 is 0. The number of hydrogen-bond donors (Lipinski definition) is 0. The fraction of sp³-hybridized carbons (Fsp3) is 0.214. The number of thiophene rings is 1. The Kier molecular flexibility index (Phi) is 2.37. The summed E-state index contributed by atoms with van der Waals surface area (Å²) in [6, 6.07) is 12.4. The first-order chi connectivity index (χ1) is 7.84. The Hall–Kier alpha value is -1.41. The van der Waals surface area contributed by atoms with Crippen LogP contribution in [-0.2, 0) is 17.6 Å². The van der Waals surface area contributed by atoms with Crippen LogP contribution in [0.5, 0.6) is 0 Å². The second-order valence-electron chi connectivity index (χ2n) is 4.18. The van der Waals surface area contributed by atoms with E-state index >= 15 is 0 Å². The van der Waals surface area contributed by atoms with Crippen LogP contribution in [0, 0.1) is 0 Å². The predicted molar refractivity (Wildman–Crippen MR) is 65.9 cm³/mol. The molecule has 0 saturated heterocycles. The number of Topliss-reactive ketones (excluding diaryl/α,β-unsaturated/α-hetero) is 1. The van der Waals surface area contributed by atoms with Crippen LogP contribution in [-0.4, -0.2) is 5.78 Å². The molecule has 0 amide bonds. The molecular weight excluding hydrogens is 216 g/mol. The minimum Gasteiger partial charge on any atom is -0.299 e. The van der Waals surface area contributed by atoms with Gasteiger partial charge in [0.15, 0.2) is 0 Å². The summed E-state index contributed by atoms with van der Waals surface area (Å²) in [5, 5.41) is 2.04. The molecule has 1 aromatic heterocycles. The Morgan fingerprint density at radius 1 is 1.06 bits per heavy atom. The summed E-state index contributed by atoms with van der Waals surface area (Å²) in [5.74, 6) is 0.455. The Morgan fingerprint density at radius 3 is 2.62 bits per heavy atom. The van der Waals surface area contributed by atoms with Gasteiger partial charge in [-0.2, -0.15) is 0 Å². The van der Waals surface area contributed by atoms with Gasteiger partial charge in [0.2, 0.25) is 0 Å². The first kappa shape index (κ1) is 9.79. The lowest BCUT2D eigenvalue weighted by Crippen LogP contribution is -2.22. The fourth-order valence-electron chi connectivity index (χ4n) is 2.32. The SMILES string of the molecule is O=C1Cc2ccccc2CC1c1cccs1. The first-order valence-corrected chi connectivity index (χ1v) is 6.35. The van der Waals surface area contributed by atoms with Gasteiger partial charge in [0, 0.05) is 11.3 Å². The molecule has 1 aliphatic rings. The number of fused-ring (bicyclic) bond motifs is 1. The number of benzene rings is 1. The van der Waals surface area contributed by atoms with Gasteiger partial charge in [0.05, 0.1) is 5.92 Å². The maximum Gasteiger partial charge on any atom is 0.145 e. The van der Waals surface area contributed by atoms with Gasteiger partial charge in [0.25, 0.3) is 0 Å². The zero-order valence-electron chi connectivity index (χ0n) is 8.85. The highest BCUT2D eigenvalue weighted by atomic mass is 32.1. The maximum atomic E-state index is 12.1. The van der Waals surface area contributed by atoms with E-state index in [-0.39, 0.29) is 5.92 Å². The predicted octanol–water partition coefficient (Wildman–Crippen LogP) is 3.20. The van der Waals surface area contributed by atoms with Crippen LogP contribution in [0.3, 0.4) is 0 Å². The molecule has 16 heavy (non-hydrogen) atoms. The molecule has 1 nitrogen and oxygen atoms in total. The second-order valence-corrected chi connectivity index (χ2v) is 5.16. The molecule has 0 spiro atoms. The van der Waals surface area contributed by atoms with E-state index in [2.05, 4.69) is 24.3 Å². The summed E-state index contributed by atoms with van der Waals surface area (Å²) >= 11 is 1.69. The largest absolute Gasteiger partial charge is 0.299 e. The molecular formula is C14H12OS. The molecule has 0 saturated carbocycles. The van der Waals surface area contributed by atoms with Gasteiger partial charge in [0.1, 0.15) is 5.78 Å². The van der Waals surface area contributed by atoms with Gasteiger partial charge in [-0.25, -0.2) is 0 Å². The van der Waals surface area contributed by atoms with E-state index < -0.39 is 0 Å². The number of rotatable bonds is 1. The zero-order chi connectivity index (χ0) is 11.0. The number of hydrogen-bond acceptors (Lipinski definition) is 2. The average Bonchev–Trinajstić information content (AvgIpc) is 2.81. The lowest BCUT2D eigenvalue weighted by molar-refractivity contribution is -0.120. The van der Waals surface area contributed by atoms with Gasteiger partial charge in [-0.15, -0.1) is 11.3 Å². The smallest absolute Gasteiger partial charge is 0.145 e. The normalized spacial score (nSPS) is 19.5. The van der Waals surface area contributed by atoms with Crippen LogP contribution >= 0.6 is 11.3 Å². The van der Waals surface area contributed by atoms with Crippen LogP contribution in [0.15, 0.2) is 41.8 Å². The molecule has 1 unspecified atom stereocenters. The monoisotopic (exact) mass is 228 g/mol. The van der Waals surface area contributed by atoms with Crippen molar-refractivity contribution in [3.63, 3.8) is 0 Å². The van der Waals surface area contributed by atoms with Gasteiger partial charge in [-0.05, 0) is 29.0 Å². The number of carbonyl (C=O) groups is 1. The second kappa shape index (κ2) is 3.87. The molecule has 1 atom stereocenters. The summed E-state index contributed by atoms with van der Waals surface area (Å²) in [7, 11) is 0. The Bertz CT molecular complexity index is 513. The summed E-state index contributed by atoms with van der Waals surface area (Å²) in [5.41, 5.74) is 2.54. The summed E-state index contributed by atoms with van der Waals surface area (Å²) in [6.07, 6.45) is 1.47. The lowest BCUT2D eigenvalue weighted by atomic mass is 9.82. The van der Waals surface area contributed by atoms with Gasteiger partial charge in [-0.1, -0.05) is 30.3 Å². The number of ketones is 1. The highest BCUT2D eigenvalue weighted by molar-refractivity contribution is 7.10. The van der Waals surface area contributed by atoms with Crippen molar-refractivity contribution in [1.29, 1.82) is 0 Å². The Labute approximate surface area is 98.7 Å². The molecule has 2 aromatic rings. The van der Waals surface area contributed by atoms with E-state index in [9.17, 15) is 4.79 Å². The summed E-state index contributed by atoms with van der Waals surface area (Å²) in [4.78, 5) is 13.3. The minimum atomic E-state index is 0.0925. The standard InChI is InChI=1S/C14H12OS/c15-13-9-11-5-2-1-4-10(11)8-12(13)14-6-3-7-16-14/h1-7,12H,8-9H2. The molecule has 0 N–H and O–H groups in total. The van der Waals surface area contributed by atoms with E-state index in [0.717, 1.165) is 6.42 Å². The van der Waals surface area contributed by atoms with Crippen molar-refractivity contribution in [2.75, 3.05) is 0 Å². The van der Waals surface area contributed by atoms with Crippen molar-refractivity contribution < 1.29 is 4.79 Å². The van der Waals surface area contributed by atoms with Crippen LogP contribution in [0.2, 0.25) is 0 Å². The van der Waals surface area contributed by atoms with E-state index in [1.807, 2.05) is 17.5 Å². The van der Waals surface area contributed by atoms with E-state index in [0.29, 0.717) is 12.2 Å². The quantitative estimate of drug-likeness (QED) is 0.732. The molecule has 0 fully saturated rings. The van der Waals surface area contributed by atoms with E-state index in [1.165, 1.54) is 16.0 Å². The van der Waals surface area contributed by atoms with Crippen LogP contribution < -0.4 is 0 Å². The number of carbonyl (C=O) groups excluding carboxylic acids is 1. The molecule has 1 aliphatic carbocycles. The van der Waals surface area contributed by atoms with E-state index in [1.54, 1.807) is 11.3 Å². The zero-order valence-corrected chi connectivity index (χ0v) is 9.67. The van der Waals surface area contributed by atoms with Crippen LogP contribution in [0.1, 0.15) is 21.9 Å². The van der Waals surface area contributed by atoms with E-state index in [4.69, 9.17) is 0 Å². The summed E-state index contributed by atoms with van der Waals surface area (Å²) in [6.45, 7) is 0. The van der Waals surface area contributed by atoms with Gasteiger partial charge >= 0.3 is 0 Å². The molecule has 0 radical (unpaired) electrons. The molecule has 80 valence electrons. The molecule has 1 aromatic carbocycles. The average molecular weight is 228 g/mol. The molecule has 2 heteroatoms. The highest BCUT2D eigenvalue weighted by Gasteiger charge is 2.27. The topological polar surface area (TPSA) is 17.1 Å². The van der Waals surface area contributed by atoms with Crippen molar-refractivity contribution in [2.24, 2.45) is 0 Å². The fourth-order valence-corrected chi connectivity index (χ4v) is 3.17. The highest BCUT2D eigenvalue weighted by Crippen LogP contribution is 2.32. The van der Waals surface area contributed by atoms with Crippen molar-refractivity contribution in [3.05, 3.63) is 57.8 Å². The molecule has 0 bridgehead atoms. The van der Waals surface area contributed by atoms with Crippen molar-refractivity contribution in [3.8, 4) is 0 Å². The van der Waals surface area contributed by atoms with Crippen molar-refractivity contribution in [1.82, 2.24) is 0 Å². The third-order valence-electron chi connectivity index (χ3n) is 3.18. The van der Waals surface area contributed by atoms with Crippen molar-refractivity contribution in [2.45, 2.75) is 18.8 Å². The van der Waals surface area contributed by atoms with Gasteiger partial charge < -0.3 is 0 Å². The minimum absolute atomic E-state index is 0.0925. The molecule has 0 aliphatic heterocycles. The van der Waals surface area contributed by atoms with Crippen LogP contribution in [0.4, 0.5) is 0 Å². The van der Waals surface area contributed by atoms with Gasteiger partial charge in [-0.3, -0.25) is 4.79 Å². The Balaban J connectivity index is 1.98. The first-order valence-electron chi connectivity index (χ1n) is 5.47. The lowest BCUT2D eigenvalue weighted by Gasteiger charge is -2.22. The Morgan fingerprint density at radius 2 is 1.88 bits per heavy atom. The third kappa shape index (κ3) is 1.59. The molecule has 1 heterocycles. The van der Waals surface area contributed by atoms with Crippen LogP contribution in [0.25, 0.3) is 0 Å². The molecule has 3 rings (SSSR count). The maximum absolute atomic E-state index is 12.1.